The van der Waals surface area contributed by atoms with Gasteiger partial charge in [0.2, 0.25) is 10.0 Å². The molecule has 11 heteroatoms. The lowest BCUT2D eigenvalue weighted by Crippen LogP contribution is -2.41. The van der Waals surface area contributed by atoms with E-state index in [4.69, 9.17) is 21.1 Å². The van der Waals surface area contributed by atoms with Gasteiger partial charge in [0.25, 0.3) is 11.8 Å². The van der Waals surface area contributed by atoms with Crippen molar-refractivity contribution in [2.45, 2.75) is 24.2 Å². The topological polar surface area (TPSA) is 105 Å². The maximum absolute atomic E-state index is 12.9. The van der Waals surface area contributed by atoms with Gasteiger partial charge in [0.15, 0.2) is 6.61 Å². The highest BCUT2D eigenvalue weighted by Crippen LogP contribution is 2.34. The number of nitrogens with zero attached hydrogens (tertiary/aromatic N) is 2. The number of ether oxygens (including phenoxy) is 2. The van der Waals surface area contributed by atoms with Crippen LogP contribution in [0.15, 0.2) is 71.6 Å². The van der Waals surface area contributed by atoms with Crippen molar-refractivity contribution in [1.82, 2.24) is 4.31 Å². The third-order valence-electron chi connectivity index (χ3n) is 6.63. The smallest absolute Gasteiger partial charge is 0.265 e. The number of halogens is 1. The van der Waals surface area contributed by atoms with E-state index in [0.29, 0.717) is 46.5 Å². The minimum absolute atomic E-state index is 0.0909. The van der Waals surface area contributed by atoms with Gasteiger partial charge in [-0.25, -0.2) is 8.42 Å². The van der Waals surface area contributed by atoms with Crippen LogP contribution in [0.2, 0.25) is 5.02 Å². The Kier molecular flexibility index (Phi) is 8.06. The van der Waals surface area contributed by atoms with Gasteiger partial charge < -0.3 is 19.7 Å². The van der Waals surface area contributed by atoms with E-state index >= 15 is 0 Å². The number of benzene rings is 3. The van der Waals surface area contributed by atoms with Crippen molar-refractivity contribution < 1.29 is 27.5 Å². The zero-order chi connectivity index (χ0) is 27.4. The number of carbonyl (C=O) groups is 2. The number of hydrogen-bond acceptors (Lipinski definition) is 6. The van der Waals surface area contributed by atoms with Crippen LogP contribution < -0.4 is 19.7 Å². The SMILES string of the molecule is O=C(Nc1ccc2c(c1)N(CCOc1ccc(Cl)cc1)C(=O)CO2)c1ccc(S(=O)(=O)N2CCCCC2)cc1. The molecule has 3 aromatic carbocycles. The summed E-state index contributed by atoms with van der Waals surface area (Å²) in [5, 5.41) is 3.42. The molecular formula is C28H28ClN3O6S. The second-order valence-corrected chi connectivity index (χ2v) is 11.6. The Morgan fingerprint density at radius 1 is 0.974 bits per heavy atom. The summed E-state index contributed by atoms with van der Waals surface area (Å²) in [6.07, 6.45) is 2.73. The van der Waals surface area contributed by atoms with Crippen molar-refractivity contribution in [2.24, 2.45) is 0 Å². The molecule has 2 heterocycles. The first-order chi connectivity index (χ1) is 18.8. The Hall–Kier alpha value is -3.60. The van der Waals surface area contributed by atoms with Crippen molar-refractivity contribution in [3.05, 3.63) is 77.3 Å². The van der Waals surface area contributed by atoms with Crippen LogP contribution in [0.4, 0.5) is 11.4 Å². The fraction of sp³-hybridized carbons (Fsp3) is 0.286. The number of fused-ring (bicyclic) bond motifs is 1. The molecule has 2 aliphatic rings. The molecule has 0 aliphatic carbocycles. The molecule has 0 saturated carbocycles. The molecule has 0 radical (unpaired) electrons. The molecule has 1 fully saturated rings. The average Bonchev–Trinajstić information content (AvgIpc) is 2.96. The fourth-order valence-corrected chi connectivity index (χ4v) is 6.19. The molecule has 0 atom stereocenters. The molecule has 2 aliphatic heterocycles. The van der Waals surface area contributed by atoms with Crippen LogP contribution in [0.1, 0.15) is 29.6 Å². The van der Waals surface area contributed by atoms with Gasteiger partial charge in [-0.1, -0.05) is 18.0 Å². The quantitative estimate of drug-likeness (QED) is 0.426. The largest absolute Gasteiger partial charge is 0.492 e. The maximum atomic E-state index is 12.9. The molecule has 2 amide bonds. The highest BCUT2D eigenvalue weighted by Gasteiger charge is 2.27. The summed E-state index contributed by atoms with van der Waals surface area (Å²) >= 11 is 5.91. The first-order valence-electron chi connectivity index (χ1n) is 12.7. The molecule has 1 saturated heterocycles. The number of anilines is 2. The number of carbonyl (C=O) groups excluding carboxylic acids is 2. The van der Waals surface area contributed by atoms with Gasteiger partial charge in [0.1, 0.15) is 18.1 Å². The van der Waals surface area contributed by atoms with Gasteiger partial charge in [-0.2, -0.15) is 4.31 Å². The molecule has 0 unspecified atom stereocenters. The lowest BCUT2D eigenvalue weighted by atomic mass is 10.1. The minimum Gasteiger partial charge on any atom is -0.492 e. The molecule has 0 aromatic heterocycles. The van der Waals surface area contributed by atoms with Crippen LogP contribution in [0, 0.1) is 0 Å². The molecule has 3 aromatic rings. The van der Waals surface area contributed by atoms with Crippen LogP contribution in [-0.4, -0.2) is 57.4 Å². The first kappa shape index (κ1) is 27.0. The van der Waals surface area contributed by atoms with E-state index < -0.39 is 15.9 Å². The lowest BCUT2D eigenvalue weighted by molar-refractivity contribution is -0.121. The van der Waals surface area contributed by atoms with Crippen LogP contribution in [-0.2, 0) is 14.8 Å². The summed E-state index contributed by atoms with van der Waals surface area (Å²) in [7, 11) is -3.58. The Morgan fingerprint density at radius 3 is 2.41 bits per heavy atom. The summed E-state index contributed by atoms with van der Waals surface area (Å²) in [5.74, 6) is 0.524. The van der Waals surface area contributed by atoms with Crippen molar-refractivity contribution >= 4 is 44.8 Å². The van der Waals surface area contributed by atoms with Gasteiger partial charge in [-0.3, -0.25) is 9.59 Å². The Balaban J connectivity index is 1.26. The van der Waals surface area contributed by atoms with Crippen molar-refractivity contribution in [1.29, 1.82) is 0 Å². The molecule has 0 bridgehead atoms. The van der Waals surface area contributed by atoms with Gasteiger partial charge >= 0.3 is 0 Å². The van der Waals surface area contributed by atoms with E-state index in [1.807, 2.05) is 0 Å². The first-order valence-corrected chi connectivity index (χ1v) is 14.5. The summed E-state index contributed by atoms with van der Waals surface area (Å²) < 4.78 is 38.6. The van der Waals surface area contributed by atoms with Crippen LogP contribution >= 0.6 is 11.6 Å². The molecule has 204 valence electrons. The summed E-state index contributed by atoms with van der Waals surface area (Å²) in [4.78, 5) is 27.3. The molecular weight excluding hydrogens is 542 g/mol. The van der Waals surface area contributed by atoms with E-state index in [1.54, 1.807) is 47.4 Å². The highest BCUT2D eigenvalue weighted by atomic mass is 35.5. The highest BCUT2D eigenvalue weighted by molar-refractivity contribution is 7.89. The normalized spacial score (nSPS) is 15.8. The minimum atomic E-state index is -3.58. The Labute approximate surface area is 232 Å². The average molecular weight is 570 g/mol. The molecule has 39 heavy (non-hydrogen) atoms. The fourth-order valence-electron chi connectivity index (χ4n) is 4.55. The standard InChI is InChI=1S/C28H28ClN3O6S/c29-21-6-9-23(10-7-21)37-17-16-32-25-18-22(8-13-26(25)38-19-27(32)33)30-28(34)20-4-11-24(12-5-20)39(35,36)31-14-2-1-3-15-31/h4-13,18H,1-3,14-17,19H2,(H,30,34). The zero-order valence-electron chi connectivity index (χ0n) is 21.1. The van der Waals surface area contributed by atoms with E-state index in [-0.39, 0.29) is 30.6 Å². The summed E-state index contributed by atoms with van der Waals surface area (Å²) in [6, 6.07) is 17.9. The number of sulfonamides is 1. The number of hydrogen-bond donors (Lipinski definition) is 1. The Morgan fingerprint density at radius 2 is 1.69 bits per heavy atom. The van der Waals surface area contributed by atoms with Crippen molar-refractivity contribution in [3.63, 3.8) is 0 Å². The number of amides is 2. The predicted octanol–water partition coefficient (Wildman–Crippen LogP) is 4.57. The monoisotopic (exact) mass is 569 g/mol. The maximum Gasteiger partial charge on any atom is 0.265 e. The van der Waals surface area contributed by atoms with Crippen LogP contribution in [0.25, 0.3) is 0 Å². The molecule has 5 rings (SSSR count). The van der Waals surface area contributed by atoms with Crippen LogP contribution in [0.5, 0.6) is 11.5 Å². The summed E-state index contributed by atoms with van der Waals surface area (Å²) in [5.41, 5.74) is 1.29. The predicted molar refractivity (Wildman–Crippen MR) is 148 cm³/mol. The van der Waals surface area contributed by atoms with E-state index in [9.17, 15) is 18.0 Å². The third-order valence-corrected chi connectivity index (χ3v) is 8.79. The zero-order valence-corrected chi connectivity index (χ0v) is 22.7. The van der Waals surface area contributed by atoms with Gasteiger partial charge in [0.05, 0.1) is 17.1 Å². The van der Waals surface area contributed by atoms with E-state index in [0.717, 1.165) is 19.3 Å². The van der Waals surface area contributed by atoms with Gasteiger partial charge in [0, 0.05) is 29.4 Å². The lowest BCUT2D eigenvalue weighted by Gasteiger charge is -2.29. The van der Waals surface area contributed by atoms with Crippen molar-refractivity contribution in [3.8, 4) is 11.5 Å². The van der Waals surface area contributed by atoms with Gasteiger partial charge in [-0.15, -0.1) is 0 Å². The molecule has 9 nitrogen and oxygen atoms in total. The van der Waals surface area contributed by atoms with Crippen molar-refractivity contribution in [2.75, 3.05) is 43.1 Å². The Bertz CT molecular complexity index is 1460. The second-order valence-electron chi connectivity index (χ2n) is 9.26. The second kappa shape index (κ2) is 11.6. The number of nitrogens with one attached hydrogen (secondary N) is 1. The summed E-state index contributed by atoms with van der Waals surface area (Å²) in [6.45, 7) is 1.46. The van der Waals surface area contributed by atoms with E-state index in [1.165, 1.54) is 28.6 Å². The molecule has 0 spiro atoms. The number of piperidine rings is 1. The number of rotatable bonds is 8. The van der Waals surface area contributed by atoms with Crippen LogP contribution in [0.3, 0.4) is 0 Å². The molecule has 1 N–H and O–H groups in total. The van der Waals surface area contributed by atoms with Gasteiger partial charge in [-0.05, 0) is 79.6 Å². The van der Waals surface area contributed by atoms with E-state index in [2.05, 4.69) is 5.32 Å². The third kappa shape index (κ3) is 6.19.